The third-order valence-electron chi connectivity index (χ3n) is 3.97. The Hall–Kier alpha value is 0.360. The van der Waals surface area contributed by atoms with Gasteiger partial charge in [0.1, 0.15) is 0 Å². The second-order valence-electron chi connectivity index (χ2n) is 5.75. The largest absolute Gasteiger partial charge is 0.142 e. The summed E-state index contributed by atoms with van der Waals surface area (Å²) in [6.45, 7) is 2.26. The summed E-state index contributed by atoms with van der Waals surface area (Å²) in [7, 11) is 0. The number of thiol groups is 1. The Kier molecular flexibility index (Phi) is 10.1. The highest BCUT2D eigenvalue weighted by molar-refractivity contribution is 7.81. The van der Waals surface area contributed by atoms with Crippen LogP contribution in [0.2, 0.25) is 0 Å². The molecule has 118 valence electrons. The van der Waals surface area contributed by atoms with Crippen molar-refractivity contribution in [3.05, 3.63) is 19.1 Å². The van der Waals surface area contributed by atoms with Crippen LogP contribution in [0.3, 0.4) is 0 Å². The SMILES string of the molecule is CCCCCCCCCCCCc1c(S)c(=S)c(=S)c1=S. The number of unbranched alkanes of at least 4 members (excludes halogenated alkanes) is 9. The summed E-state index contributed by atoms with van der Waals surface area (Å²) in [5, 5.41) is 0. The average Bonchev–Trinajstić information content (AvgIpc) is 2.66. The van der Waals surface area contributed by atoms with Crippen molar-refractivity contribution in [3.8, 4) is 0 Å². The van der Waals surface area contributed by atoms with Gasteiger partial charge in [0, 0.05) is 4.90 Å². The van der Waals surface area contributed by atoms with Gasteiger partial charge in [-0.15, -0.1) is 12.6 Å². The van der Waals surface area contributed by atoms with E-state index < -0.39 is 0 Å². The molecule has 0 spiro atoms. The van der Waals surface area contributed by atoms with Crippen molar-refractivity contribution >= 4 is 49.3 Å². The molecule has 0 saturated heterocycles. The third-order valence-corrected chi connectivity index (χ3v) is 6.14. The second kappa shape index (κ2) is 11.0. The van der Waals surface area contributed by atoms with E-state index in [9.17, 15) is 0 Å². The highest BCUT2D eigenvalue weighted by Gasteiger charge is 2.08. The zero-order chi connectivity index (χ0) is 15.7. The smallest absolute Gasteiger partial charge is 0.0752 e. The fraction of sp³-hybridized carbons (Fsp3) is 0.706. The van der Waals surface area contributed by atoms with Crippen LogP contribution in [0.1, 0.15) is 76.7 Å². The topological polar surface area (TPSA) is 0 Å². The van der Waals surface area contributed by atoms with E-state index in [0.29, 0.717) is 9.02 Å². The zero-order valence-corrected chi connectivity index (χ0v) is 16.3. The monoisotopic (exact) mass is 358 g/mol. The molecule has 1 aromatic carbocycles. The summed E-state index contributed by atoms with van der Waals surface area (Å²) in [4.78, 5) is 0.857. The van der Waals surface area contributed by atoms with E-state index in [2.05, 4.69) is 19.6 Å². The minimum atomic E-state index is 0.659. The molecule has 0 aliphatic carbocycles. The fourth-order valence-corrected chi connectivity index (χ4v) is 3.92. The lowest BCUT2D eigenvalue weighted by molar-refractivity contribution is 0.556. The van der Waals surface area contributed by atoms with Crippen molar-refractivity contribution in [1.82, 2.24) is 0 Å². The van der Waals surface area contributed by atoms with Crippen LogP contribution in [0.4, 0.5) is 0 Å². The lowest BCUT2D eigenvalue weighted by atomic mass is 10.0. The molecule has 0 bridgehead atoms. The van der Waals surface area contributed by atoms with Crippen LogP contribution < -0.4 is 0 Å². The molecule has 21 heavy (non-hydrogen) atoms. The van der Waals surface area contributed by atoms with Crippen LogP contribution in [0.15, 0.2) is 4.90 Å². The molecule has 0 nitrogen and oxygen atoms in total. The normalized spacial score (nSPS) is 11.1. The van der Waals surface area contributed by atoms with Gasteiger partial charge in [-0.3, -0.25) is 0 Å². The molecule has 0 aliphatic rings. The molecule has 0 aromatic heterocycles. The van der Waals surface area contributed by atoms with Crippen LogP contribution in [-0.4, -0.2) is 0 Å². The maximum Gasteiger partial charge on any atom is 0.0752 e. The van der Waals surface area contributed by atoms with E-state index in [1.54, 1.807) is 0 Å². The molecule has 1 aromatic rings. The Balaban J connectivity index is 2.13. The first-order chi connectivity index (χ1) is 10.1. The molecule has 1 rings (SSSR count). The van der Waals surface area contributed by atoms with Crippen molar-refractivity contribution in [2.45, 2.75) is 82.4 Å². The molecule has 0 saturated carbocycles. The van der Waals surface area contributed by atoms with Crippen LogP contribution in [0.25, 0.3) is 0 Å². The first-order valence-electron chi connectivity index (χ1n) is 8.15. The van der Waals surface area contributed by atoms with Crippen molar-refractivity contribution < 1.29 is 0 Å². The summed E-state index contributed by atoms with van der Waals surface area (Å²) < 4.78 is 2.11. The molecular weight excluding hydrogens is 332 g/mol. The predicted octanol–water partition coefficient (Wildman–Crippen LogP) is 7.50. The Morgan fingerprint density at radius 3 is 1.57 bits per heavy atom. The highest BCUT2D eigenvalue weighted by Crippen LogP contribution is 2.24. The quantitative estimate of drug-likeness (QED) is 0.247. The Bertz CT molecular complexity index is 553. The molecule has 4 heteroatoms. The minimum absolute atomic E-state index is 0.659. The van der Waals surface area contributed by atoms with Crippen molar-refractivity contribution in [1.29, 1.82) is 0 Å². The molecule has 0 N–H and O–H groups in total. The van der Waals surface area contributed by atoms with Gasteiger partial charge in [-0.2, -0.15) is 0 Å². The van der Waals surface area contributed by atoms with Gasteiger partial charge in [-0.05, 0) is 18.4 Å². The van der Waals surface area contributed by atoms with Crippen molar-refractivity contribution in [3.63, 3.8) is 0 Å². The van der Waals surface area contributed by atoms with Crippen LogP contribution in [0, 0.1) is 13.5 Å². The Morgan fingerprint density at radius 2 is 1.14 bits per heavy atom. The maximum absolute atomic E-state index is 5.35. The van der Waals surface area contributed by atoms with Gasteiger partial charge in [-0.1, -0.05) is 101 Å². The van der Waals surface area contributed by atoms with Gasteiger partial charge in [0.25, 0.3) is 0 Å². The van der Waals surface area contributed by atoms with Crippen molar-refractivity contribution in [2.24, 2.45) is 0 Å². The molecular formula is C17H26S4. The van der Waals surface area contributed by atoms with Crippen LogP contribution in [0.5, 0.6) is 0 Å². The van der Waals surface area contributed by atoms with E-state index in [0.717, 1.165) is 21.4 Å². The maximum atomic E-state index is 5.35. The second-order valence-corrected chi connectivity index (χ2v) is 7.42. The van der Waals surface area contributed by atoms with E-state index in [-0.39, 0.29) is 0 Å². The van der Waals surface area contributed by atoms with E-state index in [1.165, 1.54) is 64.2 Å². The number of rotatable bonds is 11. The van der Waals surface area contributed by atoms with Gasteiger partial charge in [0.05, 0.1) is 13.5 Å². The van der Waals surface area contributed by atoms with E-state index >= 15 is 0 Å². The average molecular weight is 359 g/mol. The standard InChI is InChI=1S/C17H26S4/c1-2-3-4-5-6-7-8-9-10-11-12-13-14(18)16(20)17(21)15(13)19/h18H,2-12H2,1H3. The van der Waals surface area contributed by atoms with Crippen LogP contribution in [-0.2, 0) is 6.42 Å². The minimum Gasteiger partial charge on any atom is -0.142 e. The van der Waals surface area contributed by atoms with Gasteiger partial charge in [0.2, 0.25) is 0 Å². The highest BCUT2D eigenvalue weighted by atomic mass is 32.1. The molecule has 0 atom stereocenters. The first kappa shape index (κ1) is 19.4. The van der Waals surface area contributed by atoms with Gasteiger partial charge in [-0.25, -0.2) is 0 Å². The summed E-state index contributed by atoms with van der Waals surface area (Å²) in [6.07, 6.45) is 14.4. The third kappa shape index (κ3) is 6.55. The lowest BCUT2D eigenvalue weighted by Crippen LogP contribution is -1.86. The van der Waals surface area contributed by atoms with E-state index in [1.807, 2.05) is 0 Å². The summed E-state index contributed by atoms with van der Waals surface area (Å²) in [6, 6.07) is 0. The van der Waals surface area contributed by atoms with E-state index in [4.69, 9.17) is 36.7 Å². The molecule has 0 aliphatic heterocycles. The number of hydrogen-bond donors (Lipinski definition) is 1. The Morgan fingerprint density at radius 1 is 0.667 bits per heavy atom. The summed E-state index contributed by atoms with van der Waals surface area (Å²) in [5.41, 5.74) is 1.11. The molecule has 0 amide bonds. The Labute approximate surface area is 150 Å². The predicted molar refractivity (Wildman–Crippen MR) is 104 cm³/mol. The lowest BCUT2D eigenvalue weighted by Gasteiger charge is -2.02. The van der Waals surface area contributed by atoms with Crippen molar-refractivity contribution in [2.75, 3.05) is 0 Å². The zero-order valence-electron chi connectivity index (χ0n) is 13.0. The molecule has 0 unspecified atom stereocenters. The summed E-state index contributed by atoms with van der Waals surface area (Å²) in [5.74, 6) is 0. The van der Waals surface area contributed by atoms with Crippen LogP contribution >= 0.6 is 49.3 Å². The first-order valence-corrected chi connectivity index (χ1v) is 9.82. The van der Waals surface area contributed by atoms with Gasteiger partial charge >= 0.3 is 0 Å². The van der Waals surface area contributed by atoms with Gasteiger partial charge in [0.15, 0.2) is 0 Å². The molecule has 0 fully saturated rings. The van der Waals surface area contributed by atoms with Gasteiger partial charge < -0.3 is 0 Å². The summed E-state index contributed by atoms with van der Waals surface area (Å²) >= 11 is 20.3. The number of hydrogen-bond acceptors (Lipinski definition) is 4. The molecule has 0 heterocycles. The fourth-order valence-electron chi connectivity index (χ4n) is 2.61. The molecule has 0 radical (unpaired) electrons.